The molecule has 0 saturated carbocycles. The van der Waals surface area contributed by atoms with Crippen LogP contribution in [0.3, 0.4) is 0 Å². The van der Waals surface area contributed by atoms with E-state index in [1.54, 1.807) is 12.1 Å². The first kappa shape index (κ1) is 15.6. The summed E-state index contributed by atoms with van der Waals surface area (Å²) in [6, 6.07) is 15.1. The van der Waals surface area contributed by atoms with Crippen molar-refractivity contribution in [1.82, 2.24) is 5.01 Å². The Labute approximate surface area is 140 Å². The van der Waals surface area contributed by atoms with Gasteiger partial charge in [-0.2, -0.15) is 5.10 Å². The molecule has 0 N–H and O–H groups in total. The van der Waals surface area contributed by atoms with Crippen LogP contribution >= 0.6 is 11.6 Å². The number of hydrogen-bond donors (Lipinski definition) is 0. The van der Waals surface area contributed by atoms with Crippen LogP contribution in [0.5, 0.6) is 5.75 Å². The number of hydrazone groups is 1. The van der Waals surface area contributed by atoms with Gasteiger partial charge >= 0.3 is 0 Å². The molecular formula is C18H17ClN2O2. The first-order chi connectivity index (χ1) is 11.2. The molecule has 1 aliphatic rings. The van der Waals surface area contributed by atoms with Gasteiger partial charge in [-0.1, -0.05) is 35.9 Å². The standard InChI is InChI=1S/C18H17ClN2O2/c1-23-16-4-2-3-13(11-16)12-18(22)21-10-9-17(20-21)14-5-7-15(19)8-6-14/h2-8,11H,9-10,12H2,1H3. The van der Waals surface area contributed by atoms with Crippen molar-refractivity contribution in [3.63, 3.8) is 0 Å². The van der Waals surface area contributed by atoms with Crippen LogP contribution in [0, 0.1) is 0 Å². The largest absolute Gasteiger partial charge is 0.497 e. The van der Waals surface area contributed by atoms with Crippen LogP contribution in [0.1, 0.15) is 17.5 Å². The van der Waals surface area contributed by atoms with E-state index in [0.717, 1.165) is 29.0 Å². The normalized spacial score (nSPS) is 13.8. The number of benzene rings is 2. The van der Waals surface area contributed by atoms with E-state index in [1.165, 1.54) is 0 Å². The molecule has 0 fully saturated rings. The lowest BCUT2D eigenvalue weighted by Gasteiger charge is -2.11. The number of hydrogen-bond acceptors (Lipinski definition) is 3. The van der Waals surface area contributed by atoms with Crippen molar-refractivity contribution in [3.05, 3.63) is 64.7 Å². The summed E-state index contributed by atoms with van der Waals surface area (Å²) in [5.41, 5.74) is 2.84. The van der Waals surface area contributed by atoms with E-state index in [1.807, 2.05) is 48.5 Å². The number of halogens is 1. The molecule has 0 spiro atoms. The van der Waals surface area contributed by atoms with Crippen LogP contribution in [0.4, 0.5) is 0 Å². The van der Waals surface area contributed by atoms with Crippen LogP contribution in [0.2, 0.25) is 5.02 Å². The number of methoxy groups -OCH3 is 1. The molecule has 0 unspecified atom stereocenters. The van der Waals surface area contributed by atoms with Crippen LogP contribution < -0.4 is 4.74 Å². The zero-order valence-electron chi connectivity index (χ0n) is 12.8. The highest BCUT2D eigenvalue weighted by molar-refractivity contribution is 6.30. The van der Waals surface area contributed by atoms with Gasteiger partial charge in [0.05, 0.1) is 25.8 Å². The van der Waals surface area contributed by atoms with E-state index in [-0.39, 0.29) is 5.91 Å². The maximum Gasteiger partial charge on any atom is 0.247 e. The van der Waals surface area contributed by atoms with E-state index in [4.69, 9.17) is 16.3 Å². The lowest BCUT2D eigenvalue weighted by atomic mass is 10.1. The van der Waals surface area contributed by atoms with Gasteiger partial charge < -0.3 is 4.74 Å². The maximum atomic E-state index is 12.4. The fourth-order valence-electron chi connectivity index (χ4n) is 2.53. The Bertz CT molecular complexity index is 741. The third-order valence-electron chi connectivity index (χ3n) is 3.76. The highest BCUT2D eigenvalue weighted by Gasteiger charge is 2.21. The molecule has 2 aromatic carbocycles. The Morgan fingerprint density at radius 1 is 1.26 bits per heavy atom. The van der Waals surface area contributed by atoms with Crippen molar-refractivity contribution in [2.75, 3.05) is 13.7 Å². The number of carbonyl (C=O) groups excluding carboxylic acids is 1. The molecule has 0 aliphatic carbocycles. The molecule has 118 valence electrons. The summed E-state index contributed by atoms with van der Waals surface area (Å²) < 4.78 is 5.18. The summed E-state index contributed by atoms with van der Waals surface area (Å²) in [7, 11) is 1.62. The minimum atomic E-state index is -0.0118. The highest BCUT2D eigenvalue weighted by atomic mass is 35.5. The molecule has 3 rings (SSSR count). The highest BCUT2D eigenvalue weighted by Crippen LogP contribution is 2.18. The zero-order valence-corrected chi connectivity index (χ0v) is 13.6. The molecule has 4 nitrogen and oxygen atoms in total. The van der Waals surface area contributed by atoms with Crippen molar-refractivity contribution in [2.45, 2.75) is 12.8 Å². The van der Waals surface area contributed by atoms with Crippen molar-refractivity contribution in [1.29, 1.82) is 0 Å². The second kappa shape index (κ2) is 6.84. The SMILES string of the molecule is COc1cccc(CC(=O)N2CCC(c3ccc(Cl)cc3)=N2)c1. The predicted octanol–water partition coefficient (Wildman–Crippen LogP) is 3.53. The van der Waals surface area contributed by atoms with Crippen molar-refractivity contribution < 1.29 is 9.53 Å². The fraction of sp³-hybridized carbons (Fsp3) is 0.222. The molecule has 0 bridgehead atoms. The van der Waals surface area contributed by atoms with Gasteiger partial charge in [0.1, 0.15) is 5.75 Å². The van der Waals surface area contributed by atoms with Gasteiger partial charge in [0.15, 0.2) is 0 Å². The van der Waals surface area contributed by atoms with Gasteiger partial charge in [0, 0.05) is 11.4 Å². The first-order valence-corrected chi connectivity index (χ1v) is 7.80. The quantitative estimate of drug-likeness (QED) is 0.861. The van der Waals surface area contributed by atoms with Gasteiger partial charge in [-0.3, -0.25) is 4.79 Å². The summed E-state index contributed by atoms with van der Waals surface area (Å²) in [5.74, 6) is 0.740. The molecular weight excluding hydrogens is 312 g/mol. The number of rotatable bonds is 4. The molecule has 0 aromatic heterocycles. The average molecular weight is 329 g/mol. The summed E-state index contributed by atoms with van der Waals surface area (Å²) in [5, 5.41) is 6.69. The predicted molar refractivity (Wildman–Crippen MR) is 91.0 cm³/mol. The molecule has 0 atom stereocenters. The van der Waals surface area contributed by atoms with Crippen LogP contribution in [0.15, 0.2) is 53.6 Å². The Morgan fingerprint density at radius 3 is 2.78 bits per heavy atom. The number of ether oxygens (including phenoxy) is 1. The van der Waals surface area contributed by atoms with E-state index >= 15 is 0 Å². The van der Waals surface area contributed by atoms with Gasteiger partial charge in [0.25, 0.3) is 0 Å². The molecule has 23 heavy (non-hydrogen) atoms. The molecule has 2 aromatic rings. The Balaban J connectivity index is 1.70. The van der Waals surface area contributed by atoms with Crippen molar-refractivity contribution in [3.8, 4) is 5.75 Å². The minimum Gasteiger partial charge on any atom is -0.497 e. The lowest BCUT2D eigenvalue weighted by Crippen LogP contribution is -2.25. The third kappa shape index (κ3) is 3.71. The van der Waals surface area contributed by atoms with Gasteiger partial charge in [0.2, 0.25) is 5.91 Å². The minimum absolute atomic E-state index is 0.0118. The fourth-order valence-corrected chi connectivity index (χ4v) is 2.66. The number of amides is 1. The lowest BCUT2D eigenvalue weighted by molar-refractivity contribution is -0.130. The van der Waals surface area contributed by atoms with Gasteiger partial charge in [-0.15, -0.1) is 0 Å². The van der Waals surface area contributed by atoms with Crippen LogP contribution in [-0.4, -0.2) is 30.3 Å². The van der Waals surface area contributed by atoms with E-state index in [0.29, 0.717) is 18.0 Å². The maximum absolute atomic E-state index is 12.4. The average Bonchev–Trinajstić information content (AvgIpc) is 3.06. The second-order valence-electron chi connectivity index (χ2n) is 5.35. The smallest absolute Gasteiger partial charge is 0.247 e. The van der Waals surface area contributed by atoms with Crippen molar-refractivity contribution in [2.24, 2.45) is 5.10 Å². The molecule has 0 radical (unpaired) electrons. The Hall–Kier alpha value is -2.33. The second-order valence-corrected chi connectivity index (χ2v) is 5.79. The number of carbonyl (C=O) groups is 1. The summed E-state index contributed by atoms with van der Waals surface area (Å²) in [4.78, 5) is 12.4. The Kier molecular flexibility index (Phi) is 4.63. The molecule has 5 heteroatoms. The molecule has 0 saturated heterocycles. The first-order valence-electron chi connectivity index (χ1n) is 7.42. The van der Waals surface area contributed by atoms with Crippen molar-refractivity contribution >= 4 is 23.2 Å². The van der Waals surface area contributed by atoms with E-state index < -0.39 is 0 Å². The topological polar surface area (TPSA) is 41.9 Å². The van der Waals surface area contributed by atoms with Gasteiger partial charge in [-0.25, -0.2) is 5.01 Å². The van der Waals surface area contributed by atoms with Crippen LogP contribution in [-0.2, 0) is 11.2 Å². The molecule has 1 amide bonds. The molecule has 1 aliphatic heterocycles. The van der Waals surface area contributed by atoms with E-state index in [2.05, 4.69) is 5.10 Å². The van der Waals surface area contributed by atoms with Crippen LogP contribution in [0.25, 0.3) is 0 Å². The third-order valence-corrected chi connectivity index (χ3v) is 4.01. The molecule has 1 heterocycles. The monoisotopic (exact) mass is 328 g/mol. The zero-order chi connectivity index (χ0) is 16.2. The summed E-state index contributed by atoms with van der Waals surface area (Å²) in [6.07, 6.45) is 1.07. The van der Waals surface area contributed by atoms with Gasteiger partial charge in [-0.05, 0) is 35.4 Å². The number of nitrogens with zero attached hydrogens (tertiary/aromatic N) is 2. The summed E-state index contributed by atoms with van der Waals surface area (Å²) >= 11 is 5.90. The van der Waals surface area contributed by atoms with E-state index in [9.17, 15) is 4.79 Å². The Morgan fingerprint density at radius 2 is 2.04 bits per heavy atom. The summed E-state index contributed by atoms with van der Waals surface area (Å²) in [6.45, 7) is 0.612.